The minimum atomic E-state index is -4.70. The number of halogens is 4. The van der Waals surface area contributed by atoms with E-state index in [0.717, 1.165) is 6.07 Å². The Labute approximate surface area is 172 Å². The van der Waals surface area contributed by atoms with Gasteiger partial charge in [-0.25, -0.2) is 17.8 Å². The molecule has 0 aliphatic carbocycles. The molecular formula is C16H12ClF3N6O3S. The molecule has 1 heterocycles. The lowest BCUT2D eigenvalue weighted by Gasteiger charge is -2.12. The minimum absolute atomic E-state index is 0.158. The molecule has 3 rings (SSSR count). The minimum Gasteiger partial charge on any atom is -0.325 e. The van der Waals surface area contributed by atoms with Gasteiger partial charge in [-0.1, -0.05) is 17.7 Å². The smallest absolute Gasteiger partial charge is 0.325 e. The van der Waals surface area contributed by atoms with Gasteiger partial charge in [0.2, 0.25) is 15.9 Å². The summed E-state index contributed by atoms with van der Waals surface area (Å²) in [5, 5.41) is 12.2. The van der Waals surface area contributed by atoms with Gasteiger partial charge in [0, 0.05) is 5.69 Å². The number of benzene rings is 2. The van der Waals surface area contributed by atoms with Crippen LogP contribution in [0.5, 0.6) is 0 Å². The number of nitrogens with zero attached hydrogens (tertiary/aromatic N) is 4. The fourth-order valence-corrected chi connectivity index (χ4v) is 3.59. The second-order valence-corrected chi connectivity index (χ2v) is 7.99. The zero-order valence-electron chi connectivity index (χ0n) is 14.8. The number of amides is 1. The van der Waals surface area contributed by atoms with E-state index in [9.17, 15) is 26.4 Å². The van der Waals surface area contributed by atoms with Crippen molar-refractivity contribution in [2.75, 3.05) is 11.9 Å². The molecule has 14 heteroatoms. The van der Waals surface area contributed by atoms with Gasteiger partial charge in [0.15, 0.2) is 0 Å². The molecule has 0 radical (unpaired) electrons. The molecule has 30 heavy (non-hydrogen) atoms. The van der Waals surface area contributed by atoms with E-state index in [4.69, 9.17) is 11.6 Å². The number of tetrazole rings is 1. The first-order chi connectivity index (χ1) is 14.1. The van der Waals surface area contributed by atoms with Crippen LogP contribution >= 0.6 is 11.6 Å². The number of aromatic nitrogens is 4. The van der Waals surface area contributed by atoms with Gasteiger partial charge in [0.25, 0.3) is 0 Å². The summed E-state index contributed by atoms with van der Waals surface area (Å²) in [5.41, 5.74) is -0.938. The molecular weight excluding hydrogens is 449 g/mol. The molecule has 2 N–H and O–H groups in total. The molecule has 0 saturated heterocycles. The van der Waals surface area contributed by atoms with Crippen molar-refractivity contribution in [2.24, 2.45) is 0 Å². The standard InChI is InChI=1S/C16H12ClF3N6O3S/c17-14-5-4-10(6-13(14)16(18,19)20)23-15(27)8-22-30(28,29)12-3-1-2-11(7-12)26-9-21-24-25-26/h1-7,9,22H,8H2,(H,23,27). The van der Waals surface area contributed by atoms with Gasteiger partial charge in [-0.2, -0.15) is 13.2 Å². The van der Waals surface area contributed by atoms with Crippen LogP contribution in [0, 0.1) is 0 Å². The van der Waals surface area contributed by atoms with E-state index in [1.807, 2.05) is 0 Å². The van der Waals surface area contributed by atoms with Crippen molar-refractivity contribution in [2.45, 2.75) is 11.1 Å². The Morgan fingerprint density at radius 3 is 2.60 bits per heavy atom. The van der Waals surface area contributed by atoms with E-state index in [-0.39, 0.29) is 10.6 Å². The van der Waals surface area contributed by atoms with E-state index in [2.05, 4.69) is 25.6 Å². The summed E-state index contributed by atoms with van der Waals surface area (Å²) < 4.78 is 66.8. The van der Waals surface area contributed by atoms with E-state index in [1.165, 1.54) is 35.3 Å². The number of rotatable bonds is 6. The van der Waals surface area contributed by atoms with Gasteiger partial charge in [-0.15, -0.1) is 5.10 Å². The first-order valence-corrected chi connectivity index (χ1v) is 9.92. The lowest BCUT2D eigenvalue weighted by Crippen LogP contribution is -2.33. The first-order valence-electron chi connectivity index (χ1n) is 8.06. The third kappa shape index (κ3) is 5.11. The number of alkyl halides is 3. The van der Waals surface area contributed by atoms with Crippen LogP contribution < -0.4 is 10.0 Å². The predicted octanol–water partition coefficient (Wildman–Crippen LogP) is 2.25. The summed E-state index contributed by atoms with van der Waals surface area (Å²) in [6.45, 7) is -0.707. The molecule has 0 fully saturated rings. The summed E-state index contributed by atoms with van der Waals surface area (Å²) >= 11 is 5.52. The molecule has 0 unspecified atom stereocenters. The lowest BCUT2D eigenvalue weighted by molar-refractivity contribution is -0.137. The number of carbonyl (C=O) groups is 1. The van der Waals surface area contributed by atoms with Crippen LogP contribution in [0.4, 0.5) is 18.9 Å². The Kier molecular flexibility index (Phi) is 6.05. The Morgan fingerprint density at radius 2 is 1.93 bits per heavy atom. The highest BCUT2D eigenvalue weighted by atomic mass is 35.5. The van der Waals surface area contributed by atoms with Crippen LogP contribution in [-0.4, -0.2) is 41.1 Å². The molecule has 0 bridgehead atoms. The monoisotopic (exact) mass is 460 g/mol. The lowest BCUT2D eigenvalue weighted by atomic mass is 10.2. The van der Waals surface area contributed by atoms with Crippen LogP contribution in [0.25, 0.3) is 5.69 Å². The second-order valence-electron chi connectivity index (χ2n) is 5.82. The van der Waals surface area contributed by atoms with Crippen LogP contribution in [-0.2, 0) is 21.0 Å². The molecule has 0 spiro atoms. The molecule has 0 atom stereocenters. The second kappa shape index (κ2) is 8.38. The highest BCUT2D eigenvalue weighted by Crippen LogP contribution is 2.36. The zero-order valence-corrected chi connectivity index (χ0v) is 16.3. The van der Waals surface area contributed by atoms with Crippen LogP contribution in [0.2, 0.25) is 5.02 Å². The van der Waals surface area contributed by atoms with Gasteiger partial charge < -0.3 is 5.32 Å². The molecule has 158 valence electrons. The normalized spacial score (nSPS) is 12.0. The van der Waals surface area contributed by atoms with Crippen LogP contribution in [0.1, 0.15) is 5.56 Å². The molecule has 1 amide bonds. The Bertz CT molecular complexity index is 1170. The molecule has 0 aliphatic rings. The molecule has 3 aromatic rings. The quantitative estimate of drug-likeness (QED) is 0.582. The highest BCUT2D eigenvalue weighted by molar-refractivity contribution is 7.89. The average Bonchev–Trinajstić information content (AvgIpc) is 3.22. The summed E-state index contributed by atoms with van der Waals surface area (Å²) in [5.74, 6) is -0.870. The summed E-state index contributed by atoms with van der Waals surface area (Å²) in [4.78, 5) is 11.8. The van der Waals surface area contributed by atoms with E-state index < -0.39 is 39.2 Å². The van der Waals surface area contributed by atoms with Crippen molar-refractivity contribution in [3.63, 3.8) is 0 Å². The van der Waals surface area contributed by atoms with Gasteiger partial charge in [0.1, 0.15) is 6.33 Å². The zero-order chi connectivity index (χ0) is 21.9. The van der Waals surface area contributed by atoms with Gasteiger partial charge in [-0.3, -0.25) is 4.79 Å². The highest BCUT2D eigenvalue weighted by Gasteiger charge is 2.33. The number of sulfonamides is 1. The molecule has 0 saturated carbocycles. The van der Waals surface area contributed by atoms with E-state index >= 15 is 0 Å². The molecule has 9 nitrogen and oxygen atoms in total. The van der Waals surface area contributed by atoms with E-state index in [0.29, 0.717) is 11.8 Å². The molecule has 1 aromatic heterocycles. The summed E-state index contributed by atoms with van der Waals surface area (Å²) in [7, 11) is -4.09. The summed E-state index contributed by atoms with van der Waals surface area (Å²) in [6.07, 6.45) is -3.43. The van der Waals surface area contributed by atoms with Gasteiger partial charge in [-0.05, 0) is 46.8 Å². The number of nitrogens with one attached hydrogen (secondary N) is 2. The number of hydrogen-bond acceptors (Lipinski definition) is 6. The number of carbonyl (C=O) groups excluding carboxylic acids is 1. The number of anilines is 1. The topological polar surface area (TPSA) is 119 Å². The first kappa shape index (κ1) is 21.7. The number of hydrogen-bond donors (Lipinski definition) is 2. The van der Waals surface area contributed by atoms with Crippen molar-refractivity contribution in [3.8, 4) is 5.69 Å². The van der Waals surface area contributed by atoms with Crippen molar-refractivity contribution >= 4 is 33.2 Å². The predicted molar refractivity (Wildman–Crippen MR) is 99.4 cm³/mol. The van der Waals surface area contributed by atoms with Crippen LogP contribution in [0.15, 0.2) is 53.7 Å². The molecule has 2 aromatic carbocycles. The summed E-state index contributed by atoms with van der Waals surface area (Å²) in [6, 6.07) is 8.41. The van der Waals surface area contributed by atoms with Crippen molar-refractivity contribution < 1.29 is 26.4 Å². The van der Waals surface area contributed by atoms with Crippen LogP contribution in [0.3, 0.4) is 0 Å². The van der Waals surface area contributed by atoms with Crippen molar-refractivity contribution in [3.05, 3.63) is 59.4 Å². The Balaban J connectivity index is 1.68. The largest absolute Gasteiger partial charge is 0.417 e. The Hall–Kier alpha value is -3.03. The van der Waals surface area contributed by atoms with Crippen molar-refractivity contribution in [1.82, 2.24) is 24.9 Å². The maximum absolute atomic E-state index is 12.9. The third-order valence-electron chi connectivity index (χ3n) is 3.72. The molecule has 0 aliphatic heterocycles. The third-order valence-corrected chi connectivity index (χ3v) is 5.45. The van der Waals surface area contributed by atoms with Gasteiger partial charge in [0.05, 0.1) is 27.7 Å². The van der Waals surface area contributed by atoms with E-state index in [1.54, 1.807) is 6.07 Å². The maximum Gasteiger partial charge on any atom is 0.417 e. The maximum atomic E-state index is 12.9. The fraction of sp³-hybridized carbons (Fsp3) is 0.125. The average molecular weight is 461 g/mol. The Morgan fingerprint density at radius 1 is 1.17 bits per heavy atom. The fourth-order valence-electron chi connectivity index (χ4n) is 2.34. The van der Waals surface area contributed by atoms with Crippen molar-refractivity contribution in [1.29, 1.82) is 0 Å². The van der Waals surface area contributed by atoms with Gasteiger partial charge >= 0.3 is 6.18 Å². The SMILES string of the molecule is O=C(CNS(=O)(=O)c1cccc(-n2cnnn2)c1)Nc1ccc(Cl)c(C(F)(F)F)c1.